The molecule has 1 saturated heterocycles. The van der Waals surface area contributed by atoms with Gasteiger partial charge in [-0.3, -0.25) is 15.0 Å². The number of likely N-dealkylation sites (tertiary alicyclic amines) is 1. The average molecular weight is 448 g/mol. The van der Waals surface area contributed by atoms with E-state index < -0.39 is 0 Å². The highest BCUT2D eigenvalue weighted by Gasteiger charge is 2.26. The molecule has 0 saturated carbocycles. The number of nitrogens with one attached hydrogen (secondary N) is 1. The smallest absolute Gasteiger partial charge is 0.277 e. The lowest BCUT2D eigenvalue weighted by Gasteiger charge is -2.22. The molecule has 29 heavy (non-hydrogen) atoms. The number of hydrogen-bond donors (Lipinski definition) is 1. The summed E-state index contributed by atoms with van der Waals surface area (Å²) in [5.41, 5.74) is 2.40. The first kappa shape index (κ1) is 20.4. The lowest BCUT2D eigenvalue weighted by molar-refractivity contribution is 0.102. The third kappa shape index (κ3) is 4.66. The third-order valence-electron chi connectivity index (χ3n) is 5.05. The van der Waals surface area contributed by atoms with Gasteiger partial charge in [-0.25, -0.2) is 15.0 Å². The van der Waals surface area contributed by atoms with Crippen molar-refractivity contribution in [1.82, 2.24) is 19.9 Å². The largest absolute Gasteiger partial charge is 0.296 e. The zero-order valence-corrected chi connectivity index (χ0v) is 18.7. The Balaban J connectivity index is 1.60. The Kier molecular flexibility index (Phi) is 6.24. The molecule has 3 aromatic heterocycles. The Morgan fingerprint density at radius 2 is 2.24 bits per heavy atom. The van der Waals surface area contributed by atoms with Crippen LogP contribution in [0, 0.1) is 6.92 Å². The predicted molar refractivity (Wildman–Crippen MR) is 119 cm³/mol. The van der Waals surface area contributed by atoms with E-state index in [2.05, 4.69) is 45.5 Å². The van der Waals surface area contributed by atoms with Crippen LogP contribution in [0.25, 0.3) is 10.6 Å². The van der Waals surface area contributed by atoms with E-state index in [9.17, 15) is 4.79 Å². The topological polar surface area (TPSA) is 71.0 Å². The number of aromatic nitrogens is 3. The summed E-state index contributed by atoms with van der Waals surface area (Å²) in [7, 11) is 0. The summed E-state index contributed by atoms with van der Waals surface area (Å²) in [5, 5.41) is 5.84. The van der Waals surface area contributed by atoms with Crippen LogP contribution in [-0.4, -0.2) is 38.3 Å². The molecule has 1 amide bonds. The first-order chi connectivity index (χ1) is 14.0. The molecule has 0 aliphatic carbocycles. The molecular weight excluding hydrogens is 426 g/mol. The second kappa shape index (κ2) is 8.87. The van der Waals surface area contributed by atoms with Gasteiger partial charge in [0, 0.05) is 17.5 Å². The number of nitrogens with zero attached hydrogens (tertiary/aromatic N) is 4. The molecule has 1 aliphatic heterocycles. The molecule has 6 nitrogen and oxygen atoms in total. The van der Waals surface area contributed by atoms with E-state index in [4.69, 9.17) is 16.6 Å². The molecule has 152 valence electrons. The highest BCUT2D eigenvalue weighted by molar-refractivity contribution is 7.17. The number of rotatable bonds is 6. The van der Waals surface area contributed by atoms with E-state index in [0.29, 0.717) is 11.2 Å². The Labute approximate surface area is 183 Å². The highest BCUT2D eigenvalue weighted by atomic mass is 35.5. The molecule has 1 aliphatic rings. The van der Waals surface area contributed by atoms with E-state index in [0.717, 1.165) is 30.1 Å². The molecule has 1 N–H and O–H groups in total. The number of thiophene rings is 1. The van der Waals surface area contributed by atoms with Crippen LogP contribution in [0.5, 0.6) is 0 Å². The van der Waals surface area contributed by atoms with Gasteiger partial charge in [0.15, 0.2) is 5.13 Å². The molecule has 0 bridgehead atoms. The van der Waals surface area contributed by atoms with Gasteiger partial charge in [0.1, 0.15) is 10.8 Å². The first-order valence-electron chi connectivity index (χ1n) is 9.61. The maximum absolute atomic E-state index is 12.5. The minimum absolute atomic E-state index is 0.213. The van der Waals surface area contributed by atoms with Crippen molar-refractivity contribution in [2.75, 3.05) is 11.9 Å². The maximum Gasteiger partial charge on any atom is 0.277 e. The molecule has 1 unspecified atom stereocenters. The normalized spacial score (nSPS) is 17.0. The number of hydrogen-bond acceptors (Lipinski definition) is 7. The van der Waals surface area contributed by atoms with Crippen LogP contribution in [0.4, 0.5) is 5.13 Å². The highest BCUT2D eigenvalue weighted by Crippen LogP contribution is 2.37. The number of thiazole rings is 1. The van der Waals surface area contributed by atoms with E-state index in [1.807, 2.05) is 0 Å². The molecule has 3 aromatic rings. The van der Waals surface area contributed by atoms with Gasteiger partial charge in [0.25, 0.3) is 5.91 Å². The summed E-state index contributed by atoms with van der Waals surface area (Å²) < 4.78 is 0. The van der Waals surface area contributed by atoms with Crippen LogP contribution < -0.4 is 5.32 Å². The van der Waals surface area contributed by atoms with Gasteiger partial charge in [-0.05, 0) is 49.7 Å². The molecule has 4 rings (SSSR count). The van der Waals surface area contributed by atoms with Crippen LogP contribution >= 0.6 is 34.3 Å². The molecule has 4 heterocycles. The molecule has 9 heteroatoms. The van der Waals surface area contributed by atoms with Gasteiger partial charge >= 0.3 is 0 Å². The summed E-state index contributed by atoms with van der Waals surface area (Å²) in [6.07, 6.45) is 6.38. The minimum Gasteiger partial charge on any atom is -0.296 e. The van der Waals surface area contributed by atoms with Crippen LogP contribution in [-0.2, 0) is 6.54 Å². The van der Waals surface area contributed by atoms with Crippen molar-refractivity contribution in [3.63, 3.8) is 0 Å². The Hall–Kier alpha value is -1.87. The molecule has 0 aromatic carbocycles. The zero-order chi connectivity index (χ0) is 20.4. The predicted octanol–water partition coefficient (Wildman–Crippen LogP) is 5.25. The van der Waals surface area contributed by atoms with Gasteiger partial charge in [0.05, 0.1) is 23.0 Å². The molecule has 1 fully saturated rings. The molecule has 0 spiro atoms. The van der Waals surface area contributed by atoms with Gasteiger partial charge in [-0.15, -0.1) is 11.3 Å². The van der Waals surface area contributed by atoms with Crippen LogP contribution in [0.1, 0.15) is 47.1 Å². The fourth-order valence-electron chi connectivity index (χ4n) is 3.60. The average Bonchev–Trinajstić information content (AvgIpc) is 3.42. The quantitative estimate of drug-likeness (QED) is 0.558. The Bertz CT molecular complexity index is 1000. The SMILES string of the molecule is CCC1CCCN1Cc1sc(NC(=O)c2cnc(Cl)cn2)nc1-c1cc(C)cs1. The van der Waals surface area contributed by atoms with Crippen molar-refractivity contribution in [2.24, 2.45) is 0 Å². The Morgan fingerprint density at radius 1 is 1.38 bits per heavy atom. The monoisotopic (exact) mass is 447 g/mol. The fraction of sp³-hybridized carbons (Fsp3) is 0.400. The summed E-state index contributed by atoms with van der Waals surface area (Å²) in [4.78, 5) is 30.1. The minimum atomic E-state index is -0.337. The summed E-state index contributed by atoms with van der Waals surface area (Å²) in [6.45, 7) is 6.31. The lowest BCUT2D eigenvalue weighted by Crippen LogP contribution is -2.27. The summed E-state index contributed by atoms with van der Waals surface area (Å²) in [6, 6.07) is 2.78. The number of halogens is 1. The zero-order valence-electron chi connectivity index (χ0n) is 16.3. The Morgan fingerprint density at radius 3 is 2.93 bits per heavy atom. The first-order valence-corrected chi connectivity index (χ1v) is 11.7. The maximum atomic E-state index is 12.5. The second-order valence-electron chi connectivity index (χ2n) is 7.13. The van der Waals surface area contributed by atoms with Crippen molar-refractivity contribution in [1.29, 1.82) is 0 Å². The number of anilines is 1. The second-order valence-corrected chi connectivity index (χ2v) is 9.51. The van der Waals surface area contributed by atoms with Gasteiger partial charge < -0.3 is 0 Å². The lowest BCUT2D eigenvalue weighted by atomic mass is 10.1. The van der Waals surface area contributed by atoms with Gasteiger partial charge in [-0.2, -0.15) is 0 Å². The fourth-order valence-corrected chi connectivity index (χ4v) is 5.68. The number of carbonyl (C=O) groups excluding carboxylic acids is 1. The van der Waals surface area contributed by atoms with E-state index in [1.54, 1.807) is 11.3 Å². The number of aryl methyl sites for hydroxylation is 1. The van der Waals surface area contributed by atoms with Crippen molar-refractivity contribution < 1.29 is 4.79 Å². The van der Waals surface area contributed by atoms with Gasteiger partial charge in [0.2, 0.25) is 0 Å². The molecular formula is C20H22ClN5OS2. The van der Waals surface area contributed by atoms with E-state index in [-0.39, 0.29) is 16.8 Å². The van der Waals surface area contributed by atoms with Crippen LogP contribution in [0.3, 0.4) is 0 Å². The van der Waals surface area contributed by atoms with E-state index in [1.165, 1.54) is 47.0 Å². The molecule has 1 atom stereocenters. The summed E-state index contributed by atoms with van der Waals surface area (Å²) in [5.74, 6) is -0.337. The van der Waals surface area contributed by atoms with E-state index >= 15 is 0 Å². The summed E-state index contributed by atoms with van der Waals surface area (Å²) >= 11 is 8.98. The van der Waals surface area contributed by atoms with Crippen molar-refractivity contribution >= 4 is 45.3 Å². The van der Waals surface area contributed by atoms with Crippen molar-refractivity contribution in [3.8, 4) is 10.6 Å². The standard InChI is InChI=1S/C20H22ClN5OS2/c1-3-13-5-4-6-26(13)10-16-18(15-7-12(2)11-28-15)24-20(29-16)25-19(27)14-8-23-17(21)9-22-14/h7-9,11,13H,3-6,10H2,1-2H3,(H,24,25,27). The number of amides is 1. The van der Waals surface area contributed by atoms with Crippen molar-refractivity contribution in [2.45, 2.75) is 45.7 Å². The molecule has 0 radical (unpaired) electrons. The van der Waals surface area contributed by atoms with Gasteiger partial charge in [-0.1, -0.05) is 29.9 Å². The van der Waals surface area contributed by atoms with Crippen LogP contribution in [0.2, 0.25) is 5.15 Å². The van der Waals surface area contributed by atoms with Crippen LogP contribution in [0.15, 0.2) is 23.8 Å². The third-order valence-corrected chi connectivity index (χ3v) is 7.26. The van der Waals surface area contributed by atoms with Crippen molar-refractivity contribution in [3.05, 3.63) is 45.1 Å². The number of carbonyl (C=O) groups is 1.